The molecule has 6 heteroatoms. The zero-order chi connectivity index (χ0) is 13.8. The van der Waals surface area contributed by atoms with Gasteiger partial charge in [0, 0.05) is 19.0 Å². The van der Waals surface area contributed by atoms with Crippen molar-refractivity contribution in [3.8, 4) is 0 Å². The van der Waals surface area contributed by atoms with E-state index in [9.17, 15) is 4.79 Å². The molecule has 1 aromatic heterocycles. The molecule has 0 radical (unpaired) electrons. The van der Waals surface area contributed by atoms with Crippen molar-refractivity contribution < 1.29 is 4.79 Å². The van der Waals surface area contributed by atoms with E-state index in [1.165, 1.54) is 0 Å². The molecule has 0 fully saturated rings. The van der Waals surface area contributed by atoms with Crippen LogP contribution in [0.5, 0.6) is 0 Å². The molecule has 5 nitrogen and oxygen atoms in total. The normalized spacial score (nSPS) is 11.3. The van der Waals surface area contributed by atoms with Crippen LogP contribution < -0.4 is 11.1 Å². The summed E-state index contributed by atoms with van der Waals surface area (Å²) in [6.07, 6.45) is 1.82. The highest BCUT2D eigenvalue weighted by molar-refractivity contribution is 9.10. The predicted octanol–water partition coefficient (Wildman–Crippen LogP) is 2.11. The van der Waals surface area contributed by atoms with E-state index in [0.29, 0.717) is 12.4 Å². The minimum Gasteiger partial charge on any atom is -0.369 e. The Labute approximate surface area is 116 Å². The number of amides is 1. The van der Waals surface area contributed by atoms with E-state index in [4.69, 9.17) is 5.73 Å². The number of anilines is 1. The SMILES string of the molecule is CCCc1nc(Br)cc(NCC(C)(C)C(N)=O)n1. The van der Waals surface area contributed by atoms with E-state index in [-0.39, 0.29) is 5.91 Å². The Bertz CT molecular complexity index is 434. The van der Waals surface area contributed by atoms with Crippen LogP contribution in [-0.4, -0.2) is 22.4 Å². The lowest BCUT2D eigenvalue weighted by Crippen LogP contribution is -2.37. The fourth-order valence-corrected chi connectivity index (χ4v) is 1.71. The Morgan fingerprint density at radius 3 is 2.72 bits per heavy atom. The summed E-state index contributed by atoms with van der Waals surface area (Å²) in [7, 11) is 0. The van der Waals surface area contributed by atoms with Gasteiger partial charge in [-0.25, -0.2) is 9.97 Å². The number of carbonyl (C=O) groups excluding carboxylic acids is 1. The van der Waals surface area contributed by atoms with E-state index in [2.05, 4.69) is 38.1 Å². The molecule has 1 heterocycles. The van der Waals surface area contributed by atoms with Gasteiger partial charge in [-0.1, -0.05) is 6.92 Å². The molecular formula is C12H19BrN4O. The van der Waals surface area contributed by atoms with Crippen LogP contribution >= 0.6 is 15.9 Å². The monoisotopic (exact) mass is 314 g/mol. The standard InChI is InChI=1S/C12H19BrN4O/c1-4-5-9-16-8(13)6-10(17-9)15-7-12(2,3)11(14)18/h6H,4-5,7H2,1-3H3,(H2,14,18)(H,15,16,17). The lowest BCUT2D eigenvalue weighted by atomic mass is 9.93. The zero-order valence-electron chi connectivity index (χ0n) is 11.0. The van der Waals surface area contributed by atoms with Crippen LogP contribution in [0.4, 0.5) is 5.82 Å². The molecule has 0 aliphatic heterocycles. The maximum atomic E-state index is 11.2. The van der Waals surface area contributed by atoms with Gasteiger partial charge in [0.25, 0.3) is 0 Å². The molecule has 0 aliphatic carbocycles. The summed E-state index contributed by atoms with van der Waals surface area (Å²) in [6, 6.07) is 1.79. The average Bonchev–Trinajstić information content (AvgIpc) is 2.26. The first kappa shape index (κ1) is 14.9. The summed E-state index contributed by atoms with van der Waals surface area (Å²) in [5.41, 5.74) is 4.71. The van der Waals surface area contributed by atoms with E-state index < -0.39 is 5.41 Å². The molecule has 1 rings (SSSR count). The number of primary amides is 1. The van der Waals surface area contributed by atoms with Crippen LogP contribution in [-0.2, 0) is 11.2 Å². The maximum absolute atomic E-state index is 11.2. The first-order chi connectivity index (χ1) is 8.35. The number of aromatic nitrogens is 2. The van der Waals surface area contributed by atoms with Crippen molar-refractivity contribution in [3.05, 3.63) is 16.5 Å². The van der Waals surface area contributed by atoms with Gasteiger partial charge in [-0.05, 0) is 36.2 Å². The second-order valence-electron chi connectivity index (χ2n) is 4.84. The summed E-state index contributed by atoms with van der Waals surface area (Å²) in [5.74, 6) is 1.15. The minimum absolute atomic E-state index is 0.336. The molecule has 3 N–H and O–H groups in total. The van der Waals surface area contributed by atoms with Gasteiger partial charge in [-0.15, -0.1) is 0 Å². The van der Waals surface area contributed by atoms with Gasteiger partial charge in [0.15, 0.2) is 0 Å². The van der Waals surface area contributed by atoms with Crippen LogP contribution in [0.1, 0.15) is 33.0 Å². The molecule has 0 aromatic carbocycles. The number of rotatable bonds is 6. The molecule has 0 saturated heterocycles. The summed E-state index contributed by atoms with van der Waals surface area (Å²) in [6.45, 7) is 6.11. The van der Waals surface area contributed by atoms with Gasteiger partial charge in [0.05, 0.1) is 5.41 Å². The van der Waals surface area contributed by atoms with Gasteiger partial charge in [0.2, 0.25) is 5.91 Å². The van der Waals surface area contributed by atoms with Gasteiger partial charge in [-0.2, -0.15) is 0 Å². The van der Waals surface area contributed by atoms with Crippen molar-refractivity contribution in [2.75, 3.05) is 11.9 Å². The largest absolute Gasteiger partial charge is 0.369 e. The van der Waals surface area contributed by atoms with Crippen LogP contribution in [0.25, 0.3) is 0 Å². The van der Waals surface area contributed by atoms with Gasteiger partial charge in [0.1, 0.15) is 16.2 Å². The number of hydrogen-bond acceptors (Lipinski definition) is 4. The predicted molar refractivity (Wildman–Crippen MR) is 75.2 cm³/mol. The molecule has 0 aliphatic rings. The summed E-state index contributed by atoms with van der Waals surface area (Å²) >= 11 is 3.35. The Kier molecular flexibility index (Phi) is 5.07. The highest BCUT2D eigenvalue weighted by atomic mass is 79.9. The van der Waals surface area contributed by atoms with Crippen LogP contribution in [0.2, 0.25) is 0 Å². The fourth-order valence-electron chi connectivity index (χ4n) is 1.29. The number of nitrogens with two attached hydrogens (primary N) is 1. The Hall–Kier alpha value is -1.17. The third kappa shape index (κ3) is 4.25. The van der Waals surface area contributed by atoms with Crippen molar-refractivity contribution in [2.24, 2.45) is 11.1 Å². The molecule has 0 saturated carbocycles. The quantitative estimate of drug-likeness (QED) is 0.788. The molecule has 0 unspecified atom stereocenters. The molecule has 100 valence electrons. The summed E-state index contributed by atoms with van der Waals surface area (Å²) < 4.78 is 0.736. The topological polar surface area (TPSA) is 80.9 Å². The van der Waals surface area contributed by atoms with E-state index in [0.717, 1.165) is 23.3 Å². The molecule has 0 atom stereocenters. The van der Waals surface area contributed by atoms with E-state index in [1.807, 2.05) is 0 Å². The zero-order valence-corrected chi connectivity index (χ0v) is 12.5. The number of nitrogens with zero attached hydrogens (tertiary/aromatic N) is 2. The van der Waals surface area contributed by atoms with Gasteiger partial charge >= 0.3 is 0 Å². The van der Waals surface area contributed by atoms with Gasteiger partial charge in [-0.3, -0.25) is 4.79 Å². The molecule has 0 bridgehead atoms. The molecule has 1 aromatic rings. The van der Waals surface area contributed by atoms with E-state index in [1.54, 1.807) is 19.9 Å². The third-order valence-corrected chi connectivity index (χ3v) is 3.00. The van der Waals surface area contributed by atoms with Crippen LogP contribution in [0, 0.1) is 5.41 Å². The van der Waals surface area contributed by atoms with Crippen molar-refractivity contribution >= 4 is 27.7 Å². The highest BCUT2D eigenvalue weighted by Gasteiger charge is 2.24. The molecular weight excluding hydrogens is 296 g/mol. The van der Waals surface area contributed by atoms with Crippen LogP contribution in [0.3, 0.4) is 0 Å². The Morgan fingerprint density at radius 2 is 2.17 bits per heavy atom. The molecule has 1 amide bonds. The van der Waals surface area contributed by atoms with Crippen LogP contribution in [0.15, 0.2) is 10.7 Å². The third-order valence-electron chi connectivity index (χ3n) is 2.59. The molecule has 18 heavy (non-hydrogen) atoms. The Balaban J connectivity index is 2.76. The summed E-state index contributed by atoms with van der Waals surface area (Å²) in [5, 5.41) is 3.12. The second kappa shape index (κ2) is 6.13. The Morgan fingerprint density at radius 1 is 1.50 bits per heavy atom. The maximum Gasteiger partial charge on any atom is 0.224 e. The van der Waals surface area contributed by atoms with Crippen molar-refractivity contribution in [2.45, 2.75) is 33.6 Å². The smallest absolute Gasteiger partial charge is 0.224 e. The average molecular weight is 315 g/mol. The van der Waals surface area contributed by atoms with E-state index >= 15 is 0 Å². The number of nitrogens with one attached hydrogen (secondary N) is 1. The summed E-state index contributed by atoms with van der Waals surface area (Å²) in [4.78, 5) is 19.9. The van der Waals surface area contributed by atoms with Crippen molar-refractivity contribution in [1.82, 2.24) is 9.97 Å². The number of halogens is 1. The minimum atomic E-state index is -0.609. The van der Waals surface area contributed by atoms with Crippen molar-refractivity contribution in [3.63, 3.8) is 0 Å². The lowest BCUT2D eigenvalue weighted by molar-refractivity contribution is -0.125. The number of aryl methyl sites for hydroxylation is 1. The highest BCUT2D eigenvalue weighted by Crippen LogP contribution is 2.17. The fraction of sp³-hybridized carbons (Fsp3) is 0.583. The number of carbonyl (C=O) groups is 1. The lowest BCUT2D eigenvalue weighted by Gasteiger charge is -2.21. The first-order valence-corrected chi connectivity index (χ1v) is 6.71. The second-order valence-corrected chi connectivity index (χ2v) is 5.66. The molecule has 0 spiro atoms. The van der Waals surface area contributed by atoms with Gasteiger partial charge < -0.3 is 11.1 Å². The van der Waals surface area contributed by atoms with Crippen molar-refractivity contribution in [1.29, 1.82) is 0 Å². The first-order valence-electron chi connectivity index (χ1n) is 5.92. The number of hydrogen-bond donors (Lipinski definition) is 2.